The van der Waals surface area contributed by atoms with Gasteiger partial charge >= 0.3 is 6.09 Å². The third-order valence-electron chi connectivity index (χ3n) is 2.27. The van der Waals surface area contributed by atoms with Crippen molar-refractivity contribution in [2.45, 2.75) is 0 Å². The molecule has 1 saturated heterocycles. The molecule has 14 heavy (non-hydrogen) atoms. The molecule has 79 valence electrons. The van der Waals surface area contributed by atoms with Crippen molar-refractivity contribution in [1.82, 2.24) is 9.80 Å². The maximum absolute atomic E-state index is 11.4. The van der Waals surface area contributed by atoms with E-state index < -0.39 is 0 Å². The average Bonchev–Trinajstić information content (AvgIpc) is 2.26. The van der Waals surface area contributed by atoms with Crippen molar-refractivity contribution < 1.29 is 9.53 Å². The second-order valence-electron chi connectivity index (χ2n) is 3.19. The molecule has 1 aliphatic heterocycles. The molecule has 1 radical (unpaired) electrons. The molecule has 0 aromatic carbocycles. The van der Waals surface area contributed by atoms with Gasteiger partial charge in [-0.2, -0.15) is 0 Å². The van der Waals surface area contributed by atoms with Crippen molar-refractivity contribution in [2.24, 2.45) is 0 Å². The van der Waals surface area contributed by atoms with Crippen LogP contribution >= 0.6 is 0 Å². The Labute approximate surface area is 85.1 Å². The Bertz CT molecular complexity index is 198. The van der Waals surface area contributed by atoms with Crippen molar-refractivity contribution in [3.8, 4) is 0 Å². The van der Waals surface area contributed by atoms with Gasteiger partial charge in [-0.1, -0.05) is 12.7 Å². The van der Waals surface area contributed by atoms with E-state index in [2.05, 4.69) is 18.4 Å². The number of carbonyl (C=O) groups excluding carboxylic acids is 1. The summed E-state index contributed by atoms with van der Waals surface area (Å²) in [5, 5.41) is 0. The molecule has 0 spiro atoms. The van der Waals surface area contributed by atoms with Crippen LogP contribution in [0.3, 0.4) is 0 Å². The molecule has 0 aromatic rings. The molecule has 0 atom stereocenters. The number of amides is 1. The Morgan fingerprint density at radius 1 is 1.36 bits per heavy atom. The summed E-state index contributed by atoms with van der Waals surface area (Å²) in [6.07, 6.45) is 1.33. The maximum atomic E-state index is 11.4. The van der Waals surface area contributed by atoms with E-state index in [0.29, 0.717) is 0 Å². The Kier molecular flexibility index (Phi) is 4.46. The summed E-state index contributed by atoms with van der Waals surface area (Å²) >= 11 is 0. The van der Waals surface area contributed by atoms with Crippen molar-refractivity contribution >= 4 is 6.09 Å². The summed E-state index contributed by atoms with van der Waals surface area (Å²) in [5.41, 5.74) is 0. The lowest BCUT2D eigenvalue weighted by Gasteiger charge is -2.33. The molecular weight excluding hydrogens is 180 g/mol. The van der Waals surface area contributed by atoms with Crippen molar-refractivity contribution in [3.63, 3.8) is 0 Å². The first-order valence-electron chi connectivity index (χ1n) is 4.82. The molecule has 0 unspecified atom stereocenters. The van der Waals surface area contributed by atoms with Gasteiger partial charge in [-0.15, -0.1) is 0 Å². The van der Waals surface area contributed by atoms with Crippen LogP contribution in [0.15, 0.2) is 12.7 Å². The van der Waals surface area contributed by atoms with Crippen LogP contribution in [0.2, 0.25) is 0 Å². The average molecular weight is 197 g/mol. The predicted molar refractivity (Wildman–Crippen MR) is 54.9 cm³/mol. The van der Waals surface area contributed by atoms with Crippen LogP contribution in [-0.4, -0.2) is 55.2 Å². The zero-order chi connectivity index (χ0) is 10.4. The van der Waals surface area contributed by atoms with Gasteiger partial charge in [0.1, 0.15) is 6.61 Å². The largest absolute Gasteiger partial charge is 0.445 e. The normalized spacial score (nSPS) is 17.9. The van der Waals surface area contributed by atoms with Crippen LogP contribution < -0.4 is 0 Å². The quantitative estimate of drug-likeness (QED) is 0.626. The van der Waals surface area contributed by atoms with Crippen LogP contribution in [-0.2, 0) is 4.74 Å². The van der Waals surface area contributed by atoms with Gasteiger partial charge in [0.15, 0.2) is 0 Å². The molecule has 0 aliphatic carbocycles. The summed E-state index contributed by atoms with van der Waals surface area (Å²) in [6.45, 7) is 11.6. The lowest BCUT2D eigenvalue weighted by molar-refractivity contribution is 0.0862. The lowest BCUT2D eigenvalue weighted by Crippen LogP contribution is -2.48. The molecule has 0 bridgehead atoms. The molecule has 0 saturated carbocycles. The van der Waals surface area contributed by atoms with Crippen LogP contribution in [0.25, 0.3) is 0 Å². The predicted octanol–water partition coefficient (Wildman–Crippen LogP) is 0.761. The number of ether oxygens (including phenoxy) is 1. The van der Waals surface area contributed by atoms with Crippen LogP contribution in [0.5, 0.6) is 0 Å². The zero-order valence-corrected chi connectivity index (χ0v) is 8.45. The van der Waals surface area contributed by atoms with Gasteiger partial charge in [-0.25, -0.2) is 4.79 Å². The highest BCUT2D eigenvalue weighted by Gasteiger charge is 2.20. The lowest BCUT2D eigenvalue weighted by atomic mass is 10.3. The number of hydrogen-bond donors (Lipinski definition) is 0. The first-order chi connectivity index (χ1) is 6.77. The highest BCUT2D eigenvalue weighted by Crippen LogP contribution is 2.02. The number of hydrogen-bond acceptors (Lipinski definition) is 3. The molecule has 4 heteroatoms. The fraction of sp³-hybridized carbons (Fsp3) is 0.600. The summed E-state index contributed by atoms with van der Waals surface area (Å²) in [7, 11) is 0. The molecule has 0 N–H and O–H groups in total. The van der Waals surface area contributed by atoms with Gasteiger partial charge in [-0.05, 0) is 13.5 Å². The second-order valence-corrected chi connectivity index (χ2v) is 3.19. The van der Waals surface area contributed by atoms with Crippen LogP contribution in [0.1, 0.15) is 0 Å². The van der Waals surface area contributed by atoms with Gasteiger partial charge in [0.2, 0.25) is 0 Å². The Hall–Kier alpha value is -1.03. The van der Waals surface area contributed by atoms with E-state index >= 15 is 0 Å². The molecule has 1 heterocycles. The fourth-order valence-corrected chi connectivity index (χ4v) is 1.38. The molecule has 4 nitrogen and oxygen atoms in total. The van der Waals surface area contributed by atoms with E-state index in [4.69, 9.17) is 4.74 Å². The highest BCUT2D eigenvalue weighted by atomic mass is 16.6. The SMILES string of the molecule is [CH2]CN1CCN(C(=O)OCC=C)CC1. The second kappa shape index (κ2) is 5.65. The molecule has 1 rings (SSSR count). The van der Waals surface area contributed by atoms with E-state index in [1.807, 2.05) is 0 Å². The Morgan fingerprint density at radius 2 is 2.00 bits per heavy atom. The van der Waals surface area contributed by atoms with Gasteiger partial charge in [-0.3, -0.25) is 4.90 Å². The number of rotatable bonds is 3. The third-order valence-corrected chi connectivity index (χ3v) is 2.27. The Balaban J connectivity index is 2.26. The van der Waals surface area contributed by atoms with Gasteiger partial charge in [0.25, 0.3) is 0 Å². The minimum atomic E-state index is -0.242. The molecule has 1 fully saturated rings. The number of nitrogens with zero attached hydrogens (tertiary/aromatic N) is 2. The monoisotopic (exact) mass is 197 g/mol. The van der Waals surface area contributed by atoms with Gasteiger partial charge in [0.05, 0.1) is 0 Å². The topological polar surface area (TPSA) is 32.8 Å². The maximum Gasteiger partial charge on any atom is 0.410 e. The number of piperazine rings is 1. The van der Waals surface area contributed by atoms with Crippen molar-refractivity contribution in [2.75, 3.05) is 39.3 Å². The molecular formula is C10H17N2O2. The van der Waals surface area contributed by atoms with E-state index in [1.165, 1.54) is 0 Å². The third kappa shape index (κ3) is 3.03. The van der Waals surface area contributed by atoms with E-state index in [1.54, 1.807) is 11.0 Å². The highest BCUT2D eigenvalue weighted by molar-refractivity contribution is 5.67. The van der Waals surface area contributed by atoms with Crippen LogP contribution in [0.4, 0.5) is 4.79 Å². The number of carbonyl (C=O) groups is 1. The minimum absolute atomic E-state index is 0.242. The summed E-state index contributed by atoms with van der Waals surface area (Å²) in [5.74, 6) is 0. The van der Waals surface area contributed by atoms with E-state index in [-0.39, 0.29) is 12.7 Å². The zero-order valence-electron chi connectivity index (χ0n) is 8.45. The molecule has 1 amide bonds. The summed E-state index contributed by atoms with van der Waals surface area (Å²) in [6, 6.07) is 0. The minimum Gasteiger partial charge on any atom is -0.445 e. The summed E-state index contributed by atoms with van der Waals surface area (Å²) < 4.78 is 4.93. The van der Waals surface area contributed by atoms with E-state index in [0.717, 1.165) is 32.7 Å². The molecule has 1 aliphatic rings. The summed E-state index contributed by atoms with van der Waals surface area (Å²) in [4.78, 5) is 15.3. The Morgan fingerprint density at radius 3 is 2.50 bits per heavy atom. The van der Waals surface area contributed by atoms with Gasteiger partial charge in [0, 0.05) is 26.2 Å². The standard InChI is InChI=1S/C10H17N2O2/c1-3-9-14-10(13)12-7-5-11(4-2)6-8-12/h3H,1-2,4-9H2. The fourth-order valence-electron chi connectivity index (χ4n) is 1.38. The van der Waals surface area contributed by atoms with Crippen molar-refractivity contribution in [3.05, 3.63) is 19.6 Å². The first-order valence-corrected chi connectivity index (χ1v) is 4.82. The molecule has 0 aromatic heterocycles. The first kappa shape index (κ1) is 11.0. The van der Waals surface area contributed by atoms with E-state index in [9.17, 15) is 4.79 Å². The van der Waals surface area contributed by atoms with Gasteiger partial charge < -0.3 is 9.64 Å². The van der Waals surface area contributed by atoms with Crippen LogP contribution in [0, 0.1) is 6.92 Å². The van der Waals surface area contributed by atoms with Crippen molar-refractivity contribution in [1.29, 1.82) is 0 Å². The smallest absolute Gasteiger partial charge is 0.410 e.